The first-order chi connectivity index (χ1) is 12.5. The lowest BCUT2D eigenvalue weighted by Gasteiger charge is -2.12. The molecule has 2 aromatic rings. The lowest BCUT2D eigenvalue weighted by molar-refractivity contribution is 0.0882. The van der Waals surface area contributed by atoms with Gasteiger partial charge in [0.25, 0.3) is 5.91 Å². The van der Waals surface area contributed by atoms with Gasteiger partial charge >= 0.3 is 0 Å². The van der Waals surface area contributed by atoms with Crippen LogP contribution in [0.15, 0.2) is 4.52 Å². The van der Waals surface area contributed by atoms with Crippen LogP contribution in [0.1, 0.15) is 57.2 Å². The van der Waals surface area contributed by atoms with Crippen molar-refractivity contribution in [1.82, 2.24) is 15.5 Å². The molecule has 0 aliphatic carbocycles. The Bertz CT molecular complexity index is 763. The van der Waals surface area contributed by atoms with Gasteiger partial charge in [0.15, 0.2) is 0 Å². The molecule has 142 valence electrons. The van der Waals surface area contributed by atoms with E-state index in [4.69, 9.17) is 14.7 Å². The molecule has 8 heteroatoms. The van der Waals surface area contributed by atoms with Gasteiger partial charge in [-0.25, -0.2) is 4.98 Å². The molecule has 0 fully saturated rings. The zero-order valence-corrected chi connectivity index (χ0v) is 16.1. The third kappa shape index (κ3) is 5.00. The Kier molecular flexibility index (Phi) is 7.50. The highest BCUT2D eigenvalue weighted by molar-refractivity contribution is 7.14. The fourth-order valence-corrected chi connectivity index (χ4v) is 3.29. The van der Waals surface area contributed by atoms with E-state index in [0.717, 1.165) is 36.3 Å². The maximum absolute atomic E-state index is 12.3. The number of nitrogens with one attached hydrogen (secondary N) is 1. The number of aromatic nitrogens is 2. The Hall–Kier alpha value is -2.03. The van der Waals surface area contributed by atoms with Crippen LogP contribution in [-0.4, -0.2) is 45.5 Å². The van der Waals surface area contributed by atoms with Gasteiger partial charge < -0.3 is 20.1 Å². The smallest absolute Gasteiger partial charge is 0.263 e. The molecule has 2 heterocycles. The van der Waals surface area contributed by atoms with Crippen LogP contribution in [0.2, 0.25) is 0 Å². The van der Waals surface area contributed by atoms with Crippen molar-refractivity contribution < 1.29 is 19.5 Å². The van der Waals surface area contributed by atoms with Crippen LogP contribution in [0.25, 0.3) is 12.2 Å². The van der Waals surface area contributed by atoms with Gasteiger partial charge in [-0.15, -0.1) is 11.3 Å². The van der Waals surface area contributed by atoms with E-state index >= 15 is 0 Å². The van der Waals surface area contributed by atoms with Crippen molar-refractivity contribution in [2.24, 2.45) is 0 Å². The first-order valence-electron chi connectivity index (χ1n) is 8.63. The van der Waals surface area contributed by atoms with Gasteiger partial charge in [0.1, 0.15) is 15.6 Å². The monoisotopic (exact) mass is 379 g/mol. The summed E-state index contributed by atoms with van der Waals surface area (Å²) in [6, 6.07) is -0.677. The molecule has 0 atom stereocenters. The number of aryl methyl sites for hydroxylation is 3. The maximum Gasteiger partial charge on any atom is 0.263 e. The van der Waals surface area contributed by atoms with E-state index < -0.39 is 6.04 Å². The molecule has 1 amide bonds. The van der Waals surface area contributed by atoms with Crippen molar-refractivity contribution in [3.05, 3.63) is 32.6 Å². The largest absolute Gasteiger partial charge is 0.394 e. The fourth-order valence-electron chi connectivity index (χ4n) is 2.42. The van der Waals surface area contributed by atoms with Crippen LogP contribution < -0.4 is 5.32 Å². The van der Waals surface area contributed by atoms with E-state index in [1.807, 2.05) is 19.1 Å². The first kappa shape index (κ1) is 20.3. The number of hydrogen-bond donors (Lipinski definition) is 3. The molecule has 0 aromatic carbocycles. The second-order valence-electron chi connectivity index (χ2n) is 6.04. The van der Waals surface area contributed by atoms with Crippen molar-refractivity contribution in [1.29, 1.82) is 0 Å². The van der Waals surface area contributed by atoms with Gasteiger partial charge in [-0.2, -0.15) is 0 Å². The Balaban J connectivity index is 2.15. The number of nitrogens with zero attached hydrogens (tertiary/aromatic N) is 2. The Morgan fingerprint density at radius 2 is 2.04 bits per heavy atom. The number of aliphatic hydroxyl groups excluding tert-OH is 2. The summed E-state index contributed by atoms with van der Waals surface area (Å²) in [6.07, 6.45) is 6.76. The summed E-state index contributed by atoms with van der Waals surface area (Å²) >= 11 is 1.26. The second-order valence-corrected chi connectivity index (χ2v) is 7.07. The van der Waals surface area contributed by atoms with Gasteiger partial charge in [-0.05, 0) is 38.8 Å². The molecule has 0 radical (unpaired) electrons. The van der Waals surface area contributed by atoms with Crippen LogP contribution in [0, 0.1) is 13.8 Å². The minimum Gasteiger partial charge on any atom is -0.394 e. The topological polar surface area (TPSA) is 108 Å². The van der Waals surface area contributed by atoms with Crippen LogP contribution in [0.3, 0.4) is 0 Å². The molecule has 0 bridgehead atoms. The summed E-state index contributed by atoms with van der Waals surface area (Å²) in [5.74, 6) is 0.407. The molecular formula is C18H25N3O4S. The molecule has 26 heavy (non-hydrogen) atoms. The molecule has 7 nitrogen and oxygen atoms in total. The summed E-state index contributed by atoms with van der Waals surface area (Å²) in [5, 5.41) is 25.6. The molecule has 0 saturated carbocycles. The van der Waals surface area contributed by atoms with E-state index in [0.29, 0.717) is 15.6 Å². The van der Waals surface area contributed by atoms with E-state index in [-0.39, 0.29) is 19.1 Å². The number of hydrogen-bond acceptors (Lipinski definition) is 7. The second kappa shape index (κ2) is 9.61. The number of unbranched alkanes of at least 4 members (excludes halogenated alkanes) is 1. The molecular weight excluding hydrogens is 354 g/mol. The summed E-state index contributed by atoms with van der Waals surface area (Å²) in [7, 11) is 0. The van der Waals surface area contributed by atoms with Crippen LogP contribution >= 0.6 is 11.3 Å². The highest BCUT2D eigenvalue weighted by Crippen LogP contribution is 2.23. The molecule has 0 spiro atoms. The summed E-state index contributed by atoms with van der Waals surface area (Å²) in [6.45, 7) is 5.12. The average molecular weight is 379 g/mol. The SMILES string of the molecule is CCCCc1noc(C)c1C=Cc1nc(C)c(C(=O)NC(CO)CO)s1. The molecule has 0 saturated heterocycles. The van der Waals surface area contributed by atoms with Crippen molar-refractivity contribution in [3.63, 3.8) is 0 Å². The van der Waals surface area contributed by atoms with Crippen molar-refractivity contribution in [2.45, 2.75) is 46.1 Å². The maximum atomic E-state index is 12.3. The Morgan fingerprint density at radius 1 is 1.31 bits per heavy atom. The number of carbonyl (C=O) groups is 1. The standard InChI is InChI=1S/C18H25N3O4S/c1-4-5-6-15-14(12(3)25-21-15)7-8-16-19-11(2)17(26-16)18(24)20-13(9-22)10-23/h7-8,13,22-23H,4-6,9-10H2,1-3H3,(H,20,24). The lowest BCUT2D eigenvalue weighted by atomic mass is 10.1. The van der Waals surface area contributed by atoms with Crippen molar-refractivity contribution in [2.75, 3.05) is 13.2 Å². The van der Waals surface area contributed by atoms with E-state index in [1.54, 1.807) is 6.92 Å². The molecule has 2 aromatic heterocycles. The van der Waals surface area contributed by atoms with Gasteiger partial charge in [-0.3, -0.25) is 4.79 Å². The van der Waals surface area contributed by atoms with Crippen LogP contribution in [0.4, 0.5) is 0 Å². The number of rotatable bonds is 9. The third-order valence-electron chi connectivity index (χ3n) is 3.94. The predicted octanol–water partition coefficient (Wildman–Crippen LogP) is 2.34. The van der Waals surface area contributed by atoms with E-state index in [9.17, 15) is 4.79 Å². The van der Waals surface area contributed by atoms with Gasteiger partial charge in [0.05, 0.1) is 30.6 Å². The van der Waals surface area contributed by atoms with Crippen LogP contribution in [-0.2, 0) is 6.42 Å². The first-order valence-corrected chi connectivity index (χ1v) is 9.45. The third-order valence-corrected chi connectivity index (χ3v) is 5.06. The highest BCUT2D eigenvalue weighted by atomic mass is 32.1. The highest BCUT2D eigenvalue weighted by Gasteiger charge is 2.18. The van der Waals surface area contributed by atoms with Gasteiger partial charge in [0, 0.05) is 5.56 Å². The van der Waals surface area contributed by atoms with Crippen molar-refractivity contribution >= 4 is 29.4 Å². The molecule has 0 unspecified atom stereocenters. The predicted molar refractivity (Wildman–Crippen MR) is 101 cm³/mol. The van der Waals surface area contributed by atoms with Gasteiger partial charge in [0.2, 0.25) is 0 Å². The molecule has 3 N–H and O–H groups in total. The van der Waals surface area contributed by atoms with Crippen LogP contribution in [0.5, 0.6) is 0 Å². The number of amides is 1. The zero-order chi connectivity index (χ0) is 19.1. The minimum absolute atomic E-state index is 0.319. The summed E-state index contributed by atoms with van der Waals surface area (Å²) in [5.41, 5.74) is 2.49. The quantitative estimate of drug-likeness (QED) is 0.617. The average Bonchev–Trinajstić information content (AvgIpc) is 3.18. The van der Waals surface area contributed by atoms with E-state index in [1.165, 1.54) is 11.3 Å². The fraction of sp³-hybridized carbons (Fsp3) is 0.500. The van der Waals surface area contributed by atoms with E-state index in [2.05, 4.69) is 22.4 Å². The summed E-state index contributed by atoms with van der Waals surface area (Å²) < 4.78 is 5.29. The molecule has 0 aliphatic heterocycles. The molecule has 0 aliphatic rings. The van der Waals surface area contributed by atoms with Gasteiger partial charge in [-0.1, -0.05) is 18.5 Å². The number of carbonyl (C=O) groups excluding carboxylic acids is 1. The normalized spacial score (nSPS) is 11.6. The lowest BCUT2D eigenvalue weighted by Crippen LogP contribution is -2.40. The summed E-state index contributed by atoms with van der Waals surface area (Å²) in [4.78, 5) is 17.1. The van der Waals surface area contributed by atoms with Crippen molar-refractivity contribution in [3.8, 4) is 0 Å². The number of aliphatic hydroxyl groups is 2. The zero-order valence-electron chi connectivity index (χ0n) is 15.3. The minimum atomic E-state index is -0.677. The Morgan fingerprint density at radius 3 is 2.69 bits per heavy atom. The Labute approximate surface area is 156 Å². The number of thiazole rings is 1. The molecule has 2 rings (SSSR count).